The van der Waals surface area contributed by atoms with Gasteiger partial charge in [0.05, 0.1) is 11.7 Å². The highest BCUT2D eigenvalue weighted by Gasteiger charge is 2.38. The van der Waals surface area contributed by atoms with Gasteiger partial charge < -0.3 is 15.7 Å². The second-order valence-electron chi connectivity index (χ2n) is 9.52. The van der Waals surface area contributed by atoms with Gasteiger partial charge in [0.2, 0.25) is 0 Å². The van der Waals surface area contributed by atoms with E-state index in [4.69, 9.17) is 21.5 Å². The van der Waals surface area contributed by atoms with E-state index in [0.29, 0.717) is 34.0 Å². The van der Waals surface area contributed by atoms with Gasteiger partial charge in [-0.3, -0.25) is 9.67 Å². The molecule has 3 heterocycles. The molecule has 2 atom stereocenters. The molecule has 0 unspecified atom stereocenters. The standard InChI is InChI=1S/C24H23ClF3N7.C2HF3O2/c1-35-13-14(12-31-35)22-23(30-8-7-29-22)33-17-4-2-3-16(10-17)32-20-11-21(24(26,27)28)34-19-6-5-15(25)9-18(19)20;3-2(4,5)1(6)7/h5-9,11-13,16-17H,2-4,10H2,1H3,(H,30,33)(H,32,34);(H,6,7)/t16-,17+;/m0./s1. The number of nitrogens with one attached hydrogen (secondary N) is 2. The molecule has 1 saturated carbocycles. The summed E-state index contributed by atoms with van der Waals surface area (Å²) in [5.74, 6) is -2.10. The molecule has 224 valence electrons. The Hall–Kier alpha value is -4.14. The molecule has 9 nitrogen and oxygen atoms in total. The molecular formula is C26H24ClF6N7O2. The third-order valence-electron chi connectivity index (χ3n) is 6.35. The lowest BCUT2D eigenvalue weighted by Crippen LogP contribution is -2.35. The van der Waals surface area contributed by atoms with Crippen molar-refractivity contribution >= 4 is 40.0 Å². The van der Waals surface area contributed by atoms with Gasteiger partial charge in [0.1, 0.15) is 11.4 Å². The third-order valence-corrected chi connectivity index (χ3v) is 6.59. The number of hydrogen-bond acceptors (Lipinski definition) is 7. The Labute approximate surface area is 239 Å². The normalized spacial score (nSPS) is 17.3. The Kier molecular flexibility index (Phi) is 9.09. The monoisotopic (exact) mass is 615 g/mol. The van der Waals surface area contributed by atoms with Crippen molar-refractivity contribution < 1.29 is 36.2 Å². The van der Waals surface area contributed by atoms with Gasteiger partial charge in [0.15, 0.2) is 5.82 Å². The number of carboxylic acid groups (broad SMARTS) is 1. The summed E-state index contributed by atoms with van der Waals surface area (Å²) in [6, 6.07) is 5.81. The smallest absolute Gasteiger partial charge is 0.475 e. The van der Waals surface area contributed by atoms with E-state index in [9.17, 15) is 26.3 Å². The van der Waals surface area contributed by atoms with E-state index in [1.54, 1.807) is 35.4 Å². The Balaban J connectivity index is 0.000000517. The molecule has 1 aliphatic carbocycles. The largest absolute Gasteiger partial charge is 0.490 e. The molecular weight excluding hydrogens is 592 g/mol. The number of hydrogen-bond donors (Lipinski definition) is 3. The van der Waals surface area contributed by atoms with Crippen molar-refractivity contribution in [2.75, 3.05) is 10.6 Å². The van der Waals surface area contributed by atoms with Crippen LogP contribution in [-0.2, 0) is 18.0 Å². The van der Waals surface area contributed by atoms with Crippen LogP contribution in [-0.4, -0.2) is 54.1 Å². The van der Waals surface area contributed by atoms with E-state index in [1.807, 2.05) is 13.2 Å². The Morgan fingerprint density at radius 2 is 1.71 bits per heavy atom. The average molecular weight is 616 g/mol. The number of alkyl halides is 6. The number of halogens is 7. The third kappa shape index (κ3) is 7.78. The molecule has 5 rings (SSSR count). The minimum Gasteiger partial charge on any atom is -0.475 e. The zero-order valence-electron chi connectivity index (χ0n) is 21.8. The Morgan fingerprint density at radius 3 is 2.33 bits per heavy atom. The fourth-order valence-electron chi connectivity index (χ4n) is 4.53. The lowest BCUT2D eigenvalue weighted by Gasteiger charge is -2.32. The summed E-state index contributed by atoms with van der Waals surface area (Å²) in [7, 11) is 1.84. The van der Waals surface area contributed by atoms with Crippen LogP contribution in [0.5, 0.6) is 0 Å². The van der Waals surface area contributed by atoms with Crippen molar-refractivity contribution in [1.82, 2.24) is 24.7 Å². The average Bonchev–Trinajstić information content (AvgIpc) is 3.34. The molecule has 0 aliphatic heterocycles. The van der Waals surface area contributed by atoms with Gasteiger partial charge in [-0.05, 0) is 49.9 Å². The van der Waals surface area contributed by atoms with Crippen molar-refractivity contribution in [1.29, 1.82) is 0 Å². The van der Waals surface area contributed by atoms with Crippen molar-refractivity contribution in [2.24, 2.45) is 7.05 Å². The number of aryl methyl sites for hydroxylation is 1. The van der Waals surface area contributed by atoms with E-state index in [1.165, 1.54) is 6.07 Å². The van der Waals surface area contributed by atoms with E-state index < -0.39 is 24.0 Å². The van der Waals surface area contributed by atoms with Crippen LogP contribution in [0, 0.1) is 0 Å². The lowest BCUT2D eigenvalue weighted by atomic mass is 9.90. The fourth-order valence-corrected chi connectivity index (χ4v) is 4.70. The molecule has 3 aromatic heterocycles. The number of rotatable bonds is 5. The number of nitrogens with zero attached hydrogens (tertiary/aromatic N) is 5. The predicted molar refractivity (Wildman–Crippen MR) is 143 cm³/mol. The van der Waals surface area contributed by atoms with Crippen LogP contribution in [0.3, 0.4) is 0 Å². The maximum Gasteiger partial charge on any atom is 0.490 e. The summed E-state index contributed by atoms with van der Waals surface area (Å²) in [4.78, 5) is 21.6. The molecule has 0 amide bonds. The highest BCUT2D eigenvalue weighted by Crippen LogP contribution is 2.36. The Morgan fingerprint density at radius 1 is 1.05 bits per heavy atom. The quantitative estimate of drug-likeness (QED) is 0.216. The summed E-state index contributed by atoms with van der Waals surface area (Å²) >= 11 is 6.14. The minimum atomic E-state index is -5.08. The second kappa shape index (κ2) is 12.4. The maximum absolute atomic E-state index is 13.5. The second-order valence-corrected chi connectivity index (χ2v) is 9.96. The molecule has 4 aromatic rings. The first-order valence-corrected chi connectivity index (χ1v) is 12.9. The topological polar surface area (TPSA) is 118 Å². The van der Waals surface area contributed by atoms with Crippen molar-refractivity contribution in [3.8, 4) is 11.3 Å². The molecule has 1 aliphatic rings. The number of aromatic nitrogens is 5. The van der Waals surface area contributed by atoms with Crippen LogP contribution in [0.15, 0.2) is 49.1 Å². The fraction of sp³-hybridized carbons (Fsp3) is 0.346. The first kappa shape index (κ1) is 30.8. The molecule has 0 spiro atoms. The highest BCUT2D eigenvalue weighted by molar-refractivity contribution is 6.31. The molecule has 16 heteroatoms. The van der Waals surface area contributed by atoms with Crippen LogP contribution < -0.4 is 10.6 Å². The number of benzene rings is 1. The zero-order chi connectivity index (χ0) is 30.7. The number of fused-ring (bicyclic) bond motifs is 1. The van der Waals surface area contributed by atoms with Gasteiger partial charge in [-0.2, -0.15) is 31.4 Å². The van der Waals surface area contributed by atoms with E-state index in [0.717, 1.165) is 30.9 Å². The van der Waals surface area contributed by atoms with Crippen LogP contribution >= 0.6 is 11.6 Å². The van der Waals surface area contributed by atoms with Gasteiger partial charge in [-0.25, -0.2) is 14.8 Å². The molecule has 1 fully saturated rings. The molecule has 0 radical (unpaired) electrons. The minimum absolute atomic E-state index is 0.0366. The number of aliphatic carboxylic acids is 1. The van der Waals surface area contributed by atoms with Gasteiger partial charge in [0.25, 0.3) is 0 Å². The SMILES string of the molecule is Cn1cc(-c2nccnc2N[C@@H]2CCC[C@H](Nc3cc(C(F)(F)F)nc4ccc(Cl)cc34)C2)cn1.O=C(O)C(F)(F)F. The number of anilines is 2. The summed E-state index contributed by atoms with van der Waals surface area (Å²) in [5.41, 5.74) is 1.26. The number of carbonyl (C=O) groups is 1. The summed E-state index contributed by atoms with van der Waals surface area (Å²) in [6.45, 7) is 0. The summed E-state index contributed by atoms with van der Waals surface area (Å²) in [5, 5.41) is 19.2. The first-order chi connectivity index (χ1) is 19.7. The van der Waals surface area contributed by atoms with Crippen LogP contribution in [0.4, 0.5) is 37.8 Å². The molecule has 1 aromatic carbocycles. The summed E-state index contributed by atoms with van der Waals surface area (Å²) in [6.07, 6.45) is 0.607. The van der Waals surface area contributed by atoms with Crippen molar-refractivity contribution in [2.45, 2.75) is 50.1 Å². The number of pyridine rings is 1. The molecule has 0 saturated heterocycles. The maximum atomic E-state index is 13.5. The van der Waals surface area contributed by atoms with Crippen LogP contribution in [0.1, 0.15) is 31.4 Å². The van der Waals surface area contributed by atoms with E-state index in [2.05, 4.69) is 30.7 Å². The van der Waals surface area contributed by atoms with Gasteiger partial charge in [-0.1, -0.05) is 11.6 Å². The van der Waals surface area contributed by atoms with E-state index in [-0.39, 0.29) is 17.6 Å². The zero-order valence-corrected chi connectivity index (χ0v) is 22.6. The molecule has 42 heavy (non-hydrogen) atoms. The highest BCUT2D eigenvalue weighted by atomic mass is 35.5. The van der Waals surface area contributed by atoms with Crippen molar-refractivity contribution in [3.63, 3.8) is 0 Å². The van der Waals surface area contributed by atoms with Crippen LogP contribution in [0.2, 0.25) is 5.02 Å². The van der Waals surface area contributed by atoms with Gasteiger partial charge in [0, 0.05) is 59.4 Å². The number of carboxylic acids is 1. The lowest BCUT2D eigenvalue weighted by molar-refractivity contribution is -0.192. The van der Waals surface area contributed by atoms with E-state index >= 15 is 0 Å². The Bertz CT molecular complexity index is 1560. The van der Waals surface area contributed by atoms with Gasteiger partial charge >= 0.3 is 18.3 Å². The van der Waals surface area contributed by atoms with Crippen LogP contribution in [0.25, 0.3) is 22.2 Å². The predicted octanol–water partition coefficient (Wildman–Crippen LogP) is 6.57. The summed E-state index contributed by atoms with van der Waals surface area (Å²) < 4.78 is 73.9. The molecule has 0 bridgehead atoms. The van der Waals surface area contributed by atoms with Gasteiger partial charge in [-0.15, -0.1) is 0 Å². The van der Waals surface area contributed by atoms with Crippen molar-refractivity contribution in [3.05, 3.63) is 59.8 Å². The molecule has 3 N–H and O–H groups in total. The first-order valence-electron chi connectivity index (χ1n) is 12.5.